The molecule has 2 heteroatoms. The van der Waals surface area contributed by atoms with Gasteiger partial charge in [0.25, 0.3) is 0 Å². The molecule has 0 saturated carbocycles. The third kappa shape index (κ3) is 9.88. The highest BCUT2D eigenvalue weighted by atomic mass is 79.9. The molecular weight excluding hydrogens is 328 g/mol. The quantitative estimate of drug-likeness (QED) is 0.276. The molecule has 0 aliphatic carbocycles. The predicted molar refractivity (Wildman–Crippen MR) is 96.7 cm³/mol. The molecule has 0 spiro atoms. The van der Waals surface area contributed by atoms with Gasteiger partial charge < -0.3 is 0 Å². The van der Waals surface area contributed by atoms with E-state index < -0.39 is 0 Å². The predicted octanol–water partition coefficient (Wildman–Crippen LogP) is 7.46. The van der Waals surface area contributed by atoms with Crippen molar-refractivity contribution in [2.24, 2.45) is 0 Å². The Morgan fingerprint density at radius 3 is 1.80 bits per heavy atom. The van der Waals surface area contributed by atoms with Gasteiger partial charge in [-0.1, -0.05) is 80.6 Å². The van der Waals surface area contributed by atoms with E-state index in [9.17, 15) is 0 Å². The van der Waals surface area contributed by atoms with Crippen molar-refractivity contribution >= 4 is 27.7 Å². The van der Waals surface area contributed by atoms with Crippen molar-refractivity contribution in [2.45, 2.75) is 76.0 Å². The van der Waals surface area contributed by atoms with E-state index in [-0.39, 0.29) is 0 Å². The lowest BCUT2D eigenvalue weighted by atomic mass is 10.1. The molecule has 0 amide bonds. The molecule has 0 aromatic heterocycles. The van der Waals surface area contributed by atoms with E-state index in [2.05, 4.69) is 47.1 Å². The minimum atomic E-state index is 1.17. The molecule has 0 heterocycles. The third-order valence-electron chi connectivity index (χ3n) is 3.58. The summed E-state index contributed by atoms with van der Waals surface area (Å²) in [4.78, 5) is 1.39. The van der Waals surface area contributed by atoms with Crippen LogP contribution in [0.25, 0.3) is 0 Å². The van der Waals surface area contributed by atoms with E-state index >= 15 is 0 Å². The first-order valence-corrected chi connectivity index (χ1v) is 9.99. The van der Waals surface area contributed by atoms with Crippen molar-refractivity contribution in [1.29, 1.82) is 0 Å². The molecule has 1 rings (SSSR count). The minimum absolute atomic E-state index is 1.17. The molecule has 1 aromatic rings. The highest BCUT2D eigenvalue weighted by molar-refractivity contribution is 9.10. The lowest BCUT2D eigenvalue weighted by Gasteiger charge is -2.03. The molecule has 0 aliphatic heterocycles. The maximum Gasteiger partial charge on any atom is 0.0176 e. The summed E-state index contributed by atoms with van der Waals surface area (Å²) < 4.78 is 1.17. The fraction of sp³-hybridized carbons (Fsp3) is 0.667. The van der Waals surface area contributed by atoms with Gasteiger partial charge in [-0.25, -0.2) is 0 Å². The van der Waals surface area contributed by atoms with Crippen LogP contribution in [0.3, 0.4) is 0 Å². The van der Waals surface area contributed by atoms with Gasteiger partial charge in [0.1, 0.15) is 0 Å². The number of hydrogen-bond acceptors (Lipinski definition) is 1. The molecule has 0 unspecified atom stereocenters. The maximum atomic E-state index is 3.47. The van der Waals surface area contributed by atoms with Crippen LogP contribution in [0, 0.1) is 0 Å². The maximum absolute atomic E-state index is 3.47. The number of rotatable bonds is 12. The van der Waals surface area contributed by atoms with Gasteiger partial charge in [0.2, 0.25) is 0 Å². The molecule has 0 saturated heterocycles. The second kappa shape index (κ2) is 12.8. The summed E-state index contributed by atoms with van der Waals surface area (Å²) in [6.45, 7) is 2.28. The molecule has 20 heavy (non-hydrogen) atoms. The second-order valence-corrected chi connectivity index (χ2v) is 7.57. The largest absolute Gasteiger partial charge is 0.126 e. The van der Waals surface area contributed by atoms with Crippen LogP contribution in [0.15, 0.2) is 33.6 Å². The van der Waals surface area contributed by atoms with Crippen LogP contribution >= 0.6 is 27.7 Å². The van der Waals surface area contributed by atoms with Gasteiger partial charge in [-0.15, -0.1) is 11.8 Å². The summed E-state index contributed by atoms with van der Waals surface area (Å²) in [7, 11) is 0. The molecule has 0 radical (unpaired) electrons. The van der Waals surface area contributed by atoms with Gasteiger partial charge in [-0.2, -0.15) is 0 Å². The highest BCUT2D eigenvalue weighted by Crippen LogP contribution is 2.22. The Hall–Kier alpha value is 0.0500. The van der Waals surface area contributed by atoms with Crippen LogP contribution in [-0.2, 0) is 0 Å². The monoisotopic (exact) mass is 356 g/mol. The first-order chi connectivity index (χ1) is 9.83. The highest BCUT2D eigenvalue weighted by Gasteiger charge is 1.95. The Morgan fingerprint density at radius 2 is 1.25 bits per heavy atom. The van der Waals surface area contributed by atoms with E-state index in [1.807, 2.05) is 11.8 Å². The number of benzene rings is 1. The first kappa shape index (κ1) is 18.1. The molecule has 0 bridgehead atoms. The zero-order valence-electron chi connectivity index (χ0n) is 12.9. The number of unbranched alkanes of at least 4 members (excludes halogenated alkanes) is 9. The molecule has 0 nitrogen and oxygen atoms in total. The van der Waals surface area contributed by atoms with Crippen molar-refractivity contribution in [3.8, 4) is 0 Å². The standard InChI is InChI=1S/C18H29BrS/c1-2-3-4-5-6-7-8-9-10-11-16-20-18-14-12-17(19)13-15-18/h12-15H,2-11,16H2,1H3. The average molecular weight is 357 g/mol. The van der Waals surface area contributed by atoms with Crippen LogP contribution < -0.4 is 0 Å². The fourth-order valence-electron chi connectivity index (χ4n) is 2.31. The first-order valence-electron chi connectivity index (χ1n) is 8.21. The Morgan fingerprint density at radius 1 is 0.750 bits per heavy atom. The molecular formula is C18H29BrS. The molecule has 0 fully saturated rings. The SMILES string of the molecule is CCCCCCCCCCCCSc1ccc(Br)cc1. The Kier molecular flexibility index (Phi) is 11.6. The summed E-state index contributed by atoms with van der Waals surface area (Å²) in [5.41, 5.74) is 0. The molecule has 0 aliphatic rings. The number of halogens is 1. The van der Waals surface area contributed by atoms with Crippen molar-refractivity contribution in [1.82, 2.24) is 0 Å². The van der Waals surface area contributed by atoms with Crippen LogP contribution in [0.2, 0.25) is 0 Å². The normalized spacial score (nSPS) is 10.9. The lowest BCUT2D eigenvalue weighted by Crippen LogP contribution is -1.84. The van der Waals surface area contributed by atoms with Gasteiger partial charge in [0.15, 0.2) is 0 Å². The van der Waals surface area contributed by atoms with E-state index in [0.717, 1.165) is 0 Å². The van der Waals surface area contributed by atoms with Gasteiger partial charge in [-0.05, 0) is 36.4 Å². The van der Waals surface area contributed by atoms with Crippen LogP contribution in [0.4, 0.5) is 0 Å². The van der Waals surface area contributed by atoms with Crippen LogP contribution in [-0.4, -0.2) is 5.75 Å². The van der Waals surface area contributed by atoms with Crippen molar-refractivity contribution < 1.29 is 0 Å². The van der Waals surface area contributed by atoms with Gasteiger partial charge >= 0.3 is 0 Å². The van der Waals surface area contributed by atoms with Crippen LogP contribution in [0.5, 0.6) is 0 Å². The third-order valence-corrected chi connectivity index (χ3v) is 5.21. The zero-order chi connectivity index (χ0) is 14.5. The molecule has 0 atom stereocenters. The van der Waals surface area contributed by atoms with E-state index in [4.69, 9.17) is 0 Å². The van der Waals surface area contributed by atoms with Crippen LogP contribution in [0.1, 0.15) is 71.1 Å². The van der Waals surface area contributed by atoms with Gasteiger partial charge in [0.05, 0.1) is 0 Å². The lowest BCUT2D eigenvalue weighted by molar-refractivity contribution is 0.563. The smallest absolute Gasteiger partial charge is 0.0176 e. The number of hydrogen-bond donors (Lipinski definition) is 0. The average Bonchev–Trinajstić information content (AvgIpc) is 2.47. The van der Waals surface area contributed by atoms with Crippen molar-refractivity contribution in [3.63, 3.8) is 0 Å². The molecule has 1 aromatic carbocycles. The van der Waals surface area contributed by atoms with E-state index in [1.54, 1.807) is 0 Å². The Bertz CT molecular complexity index is 321. The summed E-state index contributed by atoms with van der Waals surface area (Å²) in [5, 5.41) is 0. The van der Waals surface area contributed by atoms with E-state index in [0.29, 0.717) is 0 Å². The van der Waals surface area contributed by atoms with Crippen molar-refractivity contribution in [3.05, 3.63) is 28.7 Å². The molecule has 114 valence electrons. The second-order valence-electron chi connectivity index (χ2n) is 5.48. The summed E-state index contributed by atoms with van der Waals surface area (Å²) in [6, 6.07) is 8.65. The Balaban J connectivity index is 1.84. The van der Waals surface area contributed by atoms with Gasteiger partial charge in [-0.3, -0.25) is 0 Å². The fourth-order valence-corrected chi connectivity index (χ4v) is 3.49. The van der Waals surface area contributed by atoms with Crippen molar-refractivity contribution in [2.75, 3.05) is 5.75 Å². The minimum Gasteiger partial charge on any atom is -0.126 e. The summed E-state index contributed by atoms with van der Waals surface area (Å²) >= 11 is 5.46. The molecule has 0 N–H and O–H groups in total. The Labute approximate surface area is 138 Å². The zero-order valence-corrected chi connectivity index (χ0v) is 15.3. The number of thioether (sulfide) groups is 1. The van der Waals surface area contributed by atoms with E-state index in [1.165, 1.54) is 79.3 Å². The topological polar surface area (TPSA) is 0 Å². The van der Waals surface area contributed by atoms with Gasteiger partial charge in [0, 0.05) is 9.37 Å². The summed E-state index contributed by atoms with van der Waals surface area (Å²) in [5.74, 6) is 1.26. The summed E-state index contributed by atoms with van der Waals surface area (Å²) in [6.07, 6.45) is 14.2.